The molecule has 2 rings (SSSR count). The van der Waals surface area contributed by atoms with Crippen molar-refractivity contribution >= 4 is 23.7 Å². The van der Waals surface area contributed by atoms with E-state index in [9.17, 15) is 0 Å². The standard InChI is InChI=1S/C20H22N2O2S/c1-15(2)10-11-24-19-9-4-16(12-20(19)23-3)13-22-17-5-7-18(8-6-17)25-14-21/h4-9,12-13,15H,10-11H2,1-3H3. The summed E-state index contributed by atoms with van der Waals surface area (Å²) in [6, 6.07) is 13.3. The maximum Gasteiger partial charge on any atom is 0.161 e. The number of nitriles is 1. The van der Waals surface area contributed by atoms with E-state index in [0.717, 1.165) is 40.1 Å². The van der Waals surface area contributed by atoms with Gasteiger partial charge in [0, 0.05) is 11.1 Å². The molecule has 2 aromatic carbocycles. The Balaban J connectivity index is 2.05. The number of benzene rings is 2. The molecule has 0 N–H and O–H groups in total. The lowest BCUT2D eigenvalue weighted by Crippen LogP contribution is -2.02. The van der Waals surface area contributed by atoms with Gasteiger partial charge in [-0.15, -0.1) is 0 Å². The summed E-state index contributed by atoms with van der Waals surface area (Å²) in [7, 11) is 1.64. The fraction of sp³-hybridized carbons (Fsp3) is 0.300. The average Bonchev–Trinajstić information content (AvgIpc) is 2.62. The van der Waals surface area contributed by atoms with Crippen LogP contribution in [0.5, 0.6) is 11.5 Å². The topological polar surface area (TPSA) is 54.6 Å². The highest BCUT2D eigenvalue weighted by Crippen LogP contribution is 2.28. The average molecular weight is 354 g/mol. The Labute approximate surface area is 153 Å². The van der Waals surface area contributed by atoms with Gasteiger partial charge >= 0.3 is 0 Å². The van der Waals surface area contributed by atoms with E-state index in [4.69, 9.17) is 14.7 Å². The van der Waals surface area contributed by atoms with E-state index in [2.05, 4.69) is 24.2 Å². The van der Waals surface area contributed by atoms with Crippen molar-refractivity contribution < 1.29 is 9.47 Å². The number of nitrogens with zero attached hydrogens (tertiary/aromatic N) is 2. The molecule has 0 bridgehead atoms. The lowest BCUT2D eigenvalue weighted by molar-refractivity contribution is 0.273. The third-order valence-electron chi connectivity index (χ3n) is 3.50. The van der Waals surface area contributed by atoms with Crippen LogP contribution in [-0.4, -0.2) is 19.9 Å². The van der Waals surface area contributed by atoms with Gasteiger partial charge in [-0.1, -0.05) is 13.8 Å². The summed E-state index contributed by atoms with van der Waals surface area (Å²) in [5.74, 6) is 2.06. The van der Waals surface area contributed by atoms with Crippen LogP contribution in [0, 0.1) is 16.6 Å². The Bertz CT molecular complexity index is 749. The highest BCUT2D eigenvalue weighted by molar-refractivity contribution is 8.03. The van der Waals surface area contributed by atoms with Gasteiger partial charge in [-0.3, -0.25) is 4.99 Å². The van der Waals surface area contributed by atoms with Crippen molar-refractivity contribution in [2.45, 2.75) is 25.2 Å². The van der Waals surface area contributed by atoms with Crippen LogP contribution in [0.3, 0.4) is 0 Å². The Hall–Kier alpha value is -2.45. The van der Waals surface area contributed by atoms with Crippen molar-refractivity contribution in [2.75, 3.05) is 13.7 Å². The molecule has 0 atom stereocenters. The fourth-order valence-corrected chi connectivity index (χ4v) is 2.47. The molecular formula is C20H22N2O2S. The van der Waals surface area contributed by atoms with Crippen LogP contribution >= 0.6 is 11.8 Å². The molecule has 0 fully saturated rings. The van der Waals surface area contributed by atoms with Crippen LogP contribution in [0.25, 0.3) is 0 Å². The van der Waals surface area contributed by atoms with Crippen molar-refractivity contribution in [2.24, 2.45) is 10.9 Å². The molecule has 0 radical (unpaired) electrons. The normalized spacial score (nSPS) is 10.8. The third kappa shape index (κ3) is 6.17. The smallest absolute Gasteiger partial charge is 0.161 e. The van der Waals surface area contributed by atoms with E-state index < -0.39 is 0 Å². The van der Waals surface area contributed by atoms with Gasteiger partial charge in [0.15, 0.2) is 11.5 Å². The summed E-state index contributed by atoms with van der Waals surface area (Å²) in [5.41, 5.74) is 1.77. The second kappa shape index (κ2) is 9.75. The second-order valence-corrected chi connectivity index (χ2v) is 6.74. The molecular weight excluding hydrogens is 332 g/mol. The van der Waals surface area contributed by atoms with Gasteiger partial charge in [0.25, 0.3) is 0 Å². The number of ether oxygens (including phenoxy) is 2. The van der Waals surface area contributed by atoms with Crippen molar-refractivity contribution in [3.63, 3.8) is 0 Å². The number of thioether (sulfide) groups is 1. The minimum atomic E-state index is 0.607. The lowest BCUT2D eigenvalue weighted by Gasteiger charge is -2.12. The SMILES string of the molecule is COc1cc(C=Nc2ccc(SC#N)cc2)ccc1OCCC(C)C. The highest BCUT2D eigenvalue weighted by atomic mass is 32.2. The molecule has 0 aliphatic carbocycles. The Morgan fingerprint density at radius 3 is 2.56 bits per heavy atom. The monoisotopic (exact) mass is 354 g/mol. The highest BCUT2D eigenvalue weighted by Gasteiger charge is 2.05. The summed E-state index contributed by atoms with van der Waals surface area (Å²) in [6.45, 7) is 5.02. The summed E-state index contributed by atoms with van der Waals surface area (Å²) in [5, 5.41) is 10.7. The minimum Gasteiger partial charge on any atom is -0.493 e. The minimum absolute atomic E-state index is 0.607. The predicted molar refractivity (Wildman–Crippen MR) is 103 cm³/mol. The van der Waals surface area contributed by atoms with E-state index in [1.54, 1.807) is 13.3 Å². The number of hydrogen-bond donors (Lipinski definition) is 0. The van der Waals surface area contributed by atoms with Crippen molar-refractivity contribution in [1.29, 1.82) is 5.26 Å². The molecule has 0 heterocycles. The first-order valence-electron chi connectivity index (χ1n) is 8.13. The summed E-state index contributed by atoms with van der Waals surface area (Å²) >= 11 is 1.14. The zero-order valence-electron chi connectivity index (χ0n) is 14.7. The van der Waals surface area contributed by atoms with E-state index in [1.165, 1.54) is 0 Å². The van der Waals surface area contributed by atoms with Crippen LogP contribution in [0.1, 0.15) is 25.8 Å². The predicted octanol–water partition coefficient (Wildman–Crippen LogP) is 5.44. The van der Waals surface area contributed by atoms with Gasteiger partial charge < -0.3 is 9.47 Å². The zero-order valence-corrected chi connectivity index (χ0v) is 15.5. The van der Waals surface area contributed by atoms with Crippen LogP contribution in [0.4, 0.5) is 5.69 Å². The molecule has 4 nitrogen and oxygen atoms in total. The summed E-state index contributed by atoms with van der Waals surface area (Å²) in [6.07, 6.45) is 2.79. The number of aliphatic imine (C=N–C) groups is 1. The second-order valence-electron chi connectivity index (χ2n) is 5.89. The van der Waals surface area contributed by atoms with Gasteiger partial charge in [0.1, 0.15) is 5.40 Å². The maximum atomic E-state index is 8.66. The first-order valence-corrected chi connectivity index (χ1v) is 8.95. The summed E-state index contributed by atoms with van der Waals surface area (Å²) < 4.78 is 11.2. The van der Waals surface area contributed by atoms with Gasteiger partial charge in [0.05, 0.1) is 19.4 Å². The number of rotatable bonds is 8. The van der Waals surface area contributed by atoms with Gasteiger partial charge in [-0.25, -0.2) is 0 Å². The largest absolute Gasteiger partial charge is 0.493 e. The fourth-order valence-electron chi connectivity index (χ4n) is 2.09. The van der Waals surface area contributed by atoms with E-state index in [-0.39, 0.29) is 0 Å². The van der Waals surface area contributed by atoms with E-state index in [1.807, 2.05) is 42.5 Å². The zero-order chi connectivity index (χ0) is 18.1. The number of hydrogen-bond acceptors (Lipinski definition) is 5. The number of methoxy groups -OCH3 is 1. The lowest BCUT2D eigenvalue weighted by atomic mass is 10.1. The molecule has 0 amide bonds. The molecule has 2 aromatic rings. The van der Waals surface area contributed by atoms with Crippen LogP contribution < -0.4 is 9.47 Å². The molecule has 0 aromatic heterocycles. The molecule has 5 heteroatoms. The van der Waals surface area contributed by atoms with Gasteiger partial charge in [-0.2, -0.15) is 5.26 Å². The van der Waals surface area contributed by atoms with Crippen LogP contribution in [0.15, 0.2) is 52.4 Å². The molecule has 130 valence electrons. The Morgan fingerprint density at radius 2 is 1.92 bits per heavy atom. The number of thiocyanates is 1. The van der Waals surface area contributed by atoms with Crippen molar-refractivity contribution in [3.8, 4) is 16.9 Å². The Kier molecular flexibility index (Phi) is 7.36. The van der Waals surface area contributed by atoms with Crippen LogP contribution in [-0.2, 0) is 0 Å². The van der Waals surface area contributed by atoms with Gasteiger partial charge in [0.2, 0.25) is 0 Å². The quantitative estimate of drug-likeness (QED) is 0.360. The molecule has 0 unspecified atom stereocenters. The first kappa shape index (κ1) is 18.9. The van der Waals surface area contributed by atoms with Crippen molar-refractivity contribution in [3.05, 3.63) is 48.0 Å². The molecule has 0 aliphatic heterocycles. The molecule has 0 spiro atoms. The van der Waals surface area contributed by atoms with Gasteiger partial charge in [-0.05, 0) is 72.1 Å². The van der Waals surface area contributed by atoms with Crippen LogP contribution in [0.2, 0.25) is 0 Å². The maximum absolute atomic E-state index is 8.66. The molecule has 25 heavy (non-hydrogen) atoms. The van der Waals surface area contributed by atoms with E-state index >= 15 is 0 Å². The molecule has 0 saturated heterocycles. The first-order chi connectivity index (χ1) is 12.1. The molecule has 0 aliphatic rings. The Morgan fingerprint density at radius 1 is 1.16 bits per heavy atom. The third-order valence-corrected chi connectivity index (χ3v) is 4.10. The molecule has 0 saturated carbocycles. The summed E-state index contributed by atoms with van der Waals surface area (Å²) in [4.78, 5) is 5.36. The van der Waals surface area contributed by atoms with E-state index in [0.29, 0.717) is 18.3 Å². The van der Waals surface area contributed by atoms with Crippen molar-refractivity contribution in [1.82, 2.24) is 0 Å².